The fourth-order valence-electron chi connectivity index (χ4n) is 2.97. The average molecular weight is 244 g/mol. The highest BCUT2D eigenvalue weighted by Gasteiger charge is 2.27. The Labute approximate surface area is 109 Å². The molecule has 4 nitrogen and oxygen atoms in total. The summed E-state index contributed by atoms with van der Waals surface area (Å²) in [6, 6.07) is 4.84. The molecule has 4 heteroatoms. The van der Waals surface area contributed by atoms with Crippen molar-refractivity contribution in [1.29, 1.82) is 10.5 Å². The molecule has 4 atom stereocenters. The molecular formula is C14H20N4. The van der Waals surface area contributed by atoms with Crippen LogP contribution in [-0.4, -0.2) is 12.1 Å². The minimum atomic E-state index is 0.0339. The SMILES string of the molecule is N#CC1CCCCC1N=NC1CCCC[C@H]1C#N. The van der Waals surface area contributed by atoms with Crippen LogP contribution in [0.1, 0.15) is 51.4 Å². The largest absolute Gasteiger partial charge is 0.198 e. The first-order valence-electron chi connectivity index (χ1n) is 7.04. The van der Waals surface area contributed by atoms with Gasteiger partial charge in [-0.2, -0.15) is 20.8 Å². The van der Waals surface area contributed by atoms with Crippen LogP contribution in [-0.2, 0) is 0 Å². The van der Waals surface area contributed by atoms with Gasteiger partial charge in [-0.05, 0) is 25.7 Å². The van der Waals surface area contributed by atoms with E-state index in [1.165, 1.54) is 0 Å². The summed E-state index contributed by atoms with van der Waals surface area (Å²) in [5.41, 5.74) is 0. The first-order chi connectivity index (χ1) is 8.85. The molecule has 0 saturated heterocycles. The van der Waals surface area contributed by atoms with Gasteiger partial charge >= 0.3 is 0 Å². The normalized spacial score (nSPS) is 37.0. The van der Waals surface area contributed by atoms with Crippen LogP contribution in [0.3, 0.4) is 0 Å². The molecule has 2 saturated carbocycles. The van der Waals surface area contributed by atoms with Crippen LogP contribution >= 0.6 is 0 Å². The third-order valence-corrected chi connectivity index (χ3v) is 4.15. The lowest BCUT2D eigenvalue weighted by molar-refractivity contribution is 0.324. The summed E-state index contributed by atoms with van der Waals surface area (Å²) in [6.45, 7) is 0. The summed E-state index contributed by atoms with van der Waals surface area (Å²) >= 11 is 0. The van der Waals surface area contributed by atoms with Crippen LogP contribution in [0.4, 0.5) is 0 Å². The van der Waals surface area contributed by atoms with E-state index >= 15 is 0 Å². The Morgan fingerprint density at radius 1 is 0.667 bits per heavy atom. The Hall–Kier alpha value is -1.42. The number of hydrogen-bond donors (Lipinski definition) is 0. The number of nitriles is 2. The van der Waals surface area contributed by atoms with Crippen LogP contribution in [0.2, 0.25) is 0 Å². The second kappa shape index (κ2) is 6.50. The summed E-state index contributed by atoms with van der Waals surface area (Å²) < 4.78 is 0. The third kappa shape index (κ3) is 3.07. The zero-order chi connectivity index (χ0) is 12.8. The van der Waals surface area contributed by atoms with Gasteiger partial charge in [-0.1, -0.05) is 25.7 Å². The molecular weight excluding hydrogens is 224 g/mol. The van der Waals surface area contributed by atoms with E-state index in [0.29, 0.717) is 0 Å². The van der Waals surface area contributed by atoms with Crippen LogP contribution in [0.15, 0.2) is 10.2 Å². The molecule has 2 rings (SSSR count). The third-order valence-electron chi connectivity index (χ3n) is 4.15. The van der Waals surface area contributed by atoms with Crippen molar-refractivity contribution in [3.8, 4) is 12.1 Å². The van der Waals surface area contributed by atoms with Gasteiger partial charge in [-0.25, -0.2) is 0 Å². The zero-order valence-corrected chi connectivity index (χ0v) is 10.8. The van der Waals surface area contributed by atoms with Crippen LogP contribution in [0.5, 0.6) is 0 Å². The summed E-state index contributed by atoms with van der Waals surface area (Å²) in [7, 11) is 0. The molecule has 0 bridgehead atoms. The highest BCUT2D eigenvalue weighted by Crippen LogP contribution is 2.30. The molecule has 96 valence electrons. The Balaban J connectivity index is 1.96. The monoisotopic (exact) mass is 244 g/mol. The van der Waals surface area contributed by atoms with Gasteiger partial charge < -0.3 is 0 Å². The quantitative estimate of drug-likeness (QED) is 0.696. The van der Waals surface area contributed by atoms with E-state index in [-0.39, 0.29) is 23.9 Å². The maximum Gasteiger partial charge on any atom is 0.0866 e. The Morgan fingerprint density at radius 3 is 1.44 bits per heavy atom. The Kier molecular flexibility index (Phi) is 4.70. The fraction of sp³-hybridized carbons (Fsp3) is 0.857. The fourth-order valence-corrected chi connectivity index (χ4v) is 2.97. The van der Waals surface area contributed by atoms with Crippen molar-refractivity contribution in [3.63, 3.8) is 0 Å². The predicted octanol–water partition coefficient (Wildman–Crippen LogP) is 3.60. The topological polar surface area (TPSA) is 72.3 Å². The maximum absolute atomic E-state index is 9.09. The van der Waals surface area contributed by atoms with Crippen molar-refractivity contribution in [2.75, 3.05) is 0 Å². The van der Waals surface area contributed by atoms with Crippen molar-refractivity contribution in [2.45, 2.75) is 63.5 Å². The highest BCUT2D eigenvalue weighted by atomic mass is 15.1. The number of nitrogens with zero attached hydrogens (tertiary/aromatic N) is 4. The van der Waals surface area contributed by atoms with Gasteiger partial charge in [0.05, 0.1) is 36.1 Å². The van der Waals surface area contributed by atoms with Gasteiger partial charge in [-0.3, -0.25) is 0 Å². The molecule has 0 amide bonds. The van der Waals surface area contributed by atoms with Gasteiger partial charge in [0.15, 0.2) is 0 Å². The molecule has 2 fully saturated rings. The summed E-state index contributed by atoms with van der Waals surface area (Å²) in [6.07, 6.45) is 8.42. The minimum absolute atomic E-state index is 0.0339. The van der Waals surface area contributed by atoms with Crippen molar-refractivity contribution in [3.05, 3.63) is 0 Å². The summed E-state index contributed by atoms with van der Waals surface area (Å²) in [5, 5.41) is 27.0. The minimum Gasteiger partial charge on any atom is -0.198 e. The van der Waals surface area contributed by atoms with Crippen LogP contribution < -0.4 is 0 Å². The molecule has 2 aliphatic rings. The van der Waals surface area contributed by atoms with Gasteiger partial charge in [-0.15, -0.1) is 0 Å². The molecule has 3 unspecified atom stereocenters. The molecule has 0 radical (unpaired) electrons. The second-order valence-electron chi connectivity index (χ2n) is 5.41. The van der Waals surface area contributed by atoms with Crippen molar-refractivity contribution in [2.24, 2.45) is 22.1 Å². The number of rotatable bonds is 2. The number of hydrogen-bond acceptors (Lipinski definition) is 4. The number of azo groups is 1. The van der Waals surface area contributed by atoms with Crippen molar-refractivity contribution in [1.82, 2.24) is 0 Å². The molecule has 2 aliphatic carbocycles. The van der Waals surface area contributed by atoms with Crippen LogP contribution in [0, 0.1) is 34.5 Å². The average Bonchev–Trinajstić information content (AvgIpc) is 2.45. The second-order valence-corrected chi connectivity index (χ2v) is 5.41. The Bertz CT molecular complexity index is 340. The zero-order valence-electron chi connectivity index (χ0n) is 10.8. The predicted molar refractivity (Wildman–Crippen MR) is 67.6 cm³/mol. The molecule has 0 heterocycles. The lowest BCUT2D eigenvalue weighted by atomic mass is 9.85. The van der Waals surface area contributed by atoms with E-state index in [1.807, 2.05) is 0 Å². The van der Waals surface area contributed by atoms with Gasteiger partial charge in [0.2, 0.25) is 0 Å². The molecule has 18 heavy (non-hydrogen) atoms. The van der Waals surface area contributed by atoms with Gasteiger partial charge in [0.25, 0.3) is 0 Å². The molecule has 0 aliphatic heterocycles. The molecule has 0 aromatic carbocycles. The van der Waals surface area contributed by atoms with E-state index in [9.17, 15) is 0 Å². The van der Waals surface area contributed by atoms with E-state index < -0.39 is 0 Å². The van der Waals surface area contributed by atoms with Gasteiger partial charge in [0, 0.05) is 0 Å². The van der Waals surface area contributed by atoms with E-state index in [0.717, 1.165) is 51.4 Å². The summed E-state index contributed by atoms with van der Waals surface area (Å²) in [4.78, 5) is 0. The lowest BCUT2D eigenvalue weighted by Crippen LogP contribution is -2.24. The lowest BCUT2D eigenvalue weighted by Gasteiger charge is -2.25. The molecule has 0 aromatic rings. The van der Waals surface area contributed by atoms with Crippen molar-refractivity contribution >= 4 is 0 Å². The first kappa shape index (κ1) is 13.0. The molecule has 0 spiro atoms. The molecule has 0 N–H and O–H groups in total. The van der Waals surface area contributed by atoms with E-state index in [4.69, 9.17) is 10.5 Å². The smallest absolute Gasteiger partial charge is 0.0866 e. The van der Waals surface area contributed by atoms with Crippen LogP contribution in [0.25, 0.3) is 0 Å². The summed E-state index contributed by atoms with van der Waals surface area (Å²) in [5.74, 6) is 0.0678. The van der Waals surface area contributed by atoms with E-state index in [2.05, 4.69) is 22.4 Å². The standard InChI is InChI=1S/C14H20N4/c15-9-11-5-1-3-7-13(11)17-18-14-8-4-2-6-12(14)10-16/h11-14H,1-8H2/t11-,12?,13?,14?/m0/s1. The highest BCUT2D eigenvalue weighted by molar-refractivity contribution is 4.96. The Morgan fingerprint density at radius 2 is 1.06 bits per heavy atom. The van der Waals surface area contributed by atoms with Crippen molar-refractivity contribution < 1.29 is 0 Å². The molecule has 0 aromatic heterocycles. The first-order valence-corrected chi connectivity index (χ1v) is 7.04. The van der Waals surface area contributed by atoms with E-state index in [1.54, 1.807) is 0 Å². The maximum atomic E-state index is 9.09. The van der Waals surface area contributed by atoms with Gasteiger partial charge in [0.1, 0.15) is 0 Å².